The first-order chi connectivity index (χ1) is 8.34. The molecular weight excluding hydrogens is 212 g/mol. The van der Waals surface area contributed by atoms with Crippen molar-refractivity contribution in [1.82, 2.24) is 10.6 Å². The number of piperidine rings is 1. The minimum absolute atomic E-state index is 0.287. The molecule has 3 heteroatoms. The molecule has 2 rings (SSSR count). The van der Waals surface area contributed by atoms with Gasteiger partial charge in [-0.25, -0.2) is 0 Å². The molecule has 98 valence electrons. The molecule has 0 radical (unpaired) electrons. The van der Waals surface area contributed by atoms with Crippen molar-refractivity contribution in [3.8, 4) is 0 Å². The molecule has 1 heterocycles. The molecule has 1 aliphatic carbocycles. The standard InChI is InChI=1S/C14H26N2O/c17-14(16-13-4-2-1-3-5-13)7-6-12-8-10-15-11-9-12/h12-13,15H,1-11H2,(H,16,17). The van der Waals surface area contributed by atoms with Crippen LogP contribution in [-0.2, 0) is 4.79 Å². The number of hydrogen-bond donors (Lipinski definition) is 2. The van der Waals surface area contributed by atoms with Crippen molar-refractivity contribution in [3.63, 3.8) is 0 Å². The minimum Gasteiger partial charge on any atom is -0.353 e. The Morgan fingerprint density at radius 1 is 1.06 bits per heavy atom. The van der Waals surface area contributed by atoms with Gasteiger partial charge < -0.3 is 10.6 Å². The lowest BCUT2D eigenvalue weighted by Gasteiger charge is -2.24. The summed E-state index contributed by atoms with van der Waals surface area (Å²) in [6, 6.07) is 0.476. The van der Waals surface area contributed by atoms with E-state index < -0.39 is 0 Å². The highest BCUT2D eigenvalue weighted by Gasteiger charge is 2.17. The minimum atomic E-state index is 0.287. The van der Waals surface area contributed by atoms with Crippen LogP contribution in [0.4, 0.5) is 0 Å². The van der Waals surface area contributed by atoms with Gasteiger partial charge in [0.2, 0.25) is 5.91 Å². The van der Waals surface area contributed by atoms with E-state index in [4.69, 9.17) is 0 Å². The Bertz CT molecular complexity index is 230. The van der Waals surface area contributed by atoms with Gasteiger partial charge in [-0.15, -0.1) is 0 Å². The fourth-order valence-electron chi connectivity index (χ4n) is 3.05. The third-order valence-electron chi connectivity index (χ3n) is 4.21. The normalized spacial score (nSPS) is 23.5. The zero-order valence-electron chi connectivity index (χ0n) is 10.8. The molecule has 0 aromatic carbocycles. The average Bonchev–Trinajstić information content (AvgIpc) is 2.39. The molecule has 3 nitrogen and oxygen atoms in total. The van der Waals surface area contributed by atoms with Crippen LogP contribution < -0.4 is 10.6 Å². The Hall–Kier alpha value is -0.570. The van der Waals surface area contributed by atoms with Crippen LogP contribution in [0.1, 0.15) is 57.8 Å². The Morgan fingerprint density at radius 2 is 1.76 bits per heavy atom. The largest absolute Gasteiger partial charge is 0.353 e. The van der Waals surface area contributed by atoms with E-state index in [9.17, 15) is 4.79 Å². The quantitative estimate of drug-likeness (QED) is 0.788. The van der Waals surface area contributed by atoms with Gasteiger partial charge in [-0.3, -0.25) is 4.79 Å². The Morgan fingerprint density at radius 3 is 2.47 bits per heavy atom. The van der Waals surface area contributed by atoms with Crippen molar-refractivity contribution in [2.45, 2.75) is 63.8 Å². The number of amides is 1. The van der Waals surface area contributed by atoms with E-state index in [1.54, 1.807) is 0 Å². The molecule has 1 aliphatic heterocycles. The van der Waals surface area contributed by atoms with Gasteiger partial charge in [-0.05, 0) is 51.1 Å². The summed E-state index contributed by atoms with van der Waals surface area (Å²) >= 11 is 0. The van der Waals surface area contributed by atoms with Crippen LogP contribution in [0.25, 0.3) is 0 Å². The summed E-state index contributed by atoms with van der Waals surface area (Å²) in [5.74, 6) is 1.06. The van der Waals surface area contributed by atoms with E-state index in [0.29, 0.717) is 6.04 Å². The fraction of sp³-hybridized carbons (Fsp3) is 0.929. The van der Waals surface area contributed by atoms with Crippen LogP contribution in [-0.4, -0.2) is 25.0 Å². The van der Waals surface area contributed by atoms with Crippen LogP contribution >= 0.6 is 0 Å². The van der Waals surface area contributed by atoms with Gasteiger partial charge in [0.25, 0.3) is 0 Å². The van der Waals surface area contributed by atoms with E-state index >= 15 is 0 Å². The molecular formula is C14H26N2O. The number of carbonyl (C=O) groups is 1. The monoisotopic (exact) mass is 238 g/mol. The predicted octanol–water partition coefficient (Wildman–Crippen LogP) is 2.22. The predicted molar refractivity (Wildman–Crippen MR) is 69.8 cm³/mol. The van der Waals surface area contributed by atoms with E-state index in [1.165, 1.54) is 44.9 Å². The van der Waals surface area contributed by atoms with Gasteiger partial charge in [-0.2, -0.15) is 0 Å². The van der Waals surface area contributed by atoms with Crippen molar-refractivity contribution in [3.05, 3.63) is 0 Å². The number of nitrogens with one attached hydrogen (secondary N) is 2. The SMILES string of the molecule is O=C(CCC1CCNCC1)NC1CCCCC1. The van der Waals surface area contributed by atoms with Gasteiger partial charge in [0, 0.05) is 12.5 Å². The zero-order chi connectivity index (χ0) is 11.9. The van der Waals surface area contributed by atoms with Crippen LogP contribution in [0.5, 0.6) is 0 Å². The van der Waals surface area contributed by atoms with E-state index in [-0.39, 0.29) is 5.91 Å². The maximum atomic E-state index is 11.8. The van der Waals surface area contributed by atoms with Crippen molar-refractivity contribution >= 4 is 5.91 Å². The van der Waals surface area contributed by atoms with Crippen molar-refractivity contribution < 1.29 is 4.79 Å². The van der Waals surface area contributed by atoms with Gasteiger partial charge in [-0.1, -0.05) is 19.3 Å². The first kappa shape index (κ1) is 12.9. The number of rotatable bonds is 4. The second-order valence-corrected chi connectivity index (χ2v) is 5.63. The smallest absolute Gasteiger partial charge is 0.220 e. The number of carbonyl (C=O) groups excluding carboxylic acids is 1. The molecule has 0 unspecified atom stereocenters. The first-order valence-electron chi connectivity index (χ1n) is 7.34. The molecule has 17 heavy (non-hydrogen) atoms. The van der Waals surface area contributed by atoms with E-state index in [1.807, 2.05) is 0 Å². The van der Waals surface area contributed by atoms with Gasteiger partial charge >= 0.3 is 0 Å². The van der Waals surface area contributed by atoms with Gasteiger partial charge in [0.1, 0.15) is 0 Å². The molecule has 2 fully saturated rings. The van der Waals surface area contributed by atoms with Crippen LogP contribution in [0, 0.1) is 5.92 Å². The molecule has 0 aromatic heterocycles. The van der Waals surface area contributed by atoms with E-state index in [0.717, 1.165) is 31.8 Å². The molecule has 1 saturated heterocycles. The maximum absolute atomic E-state index is 11.8. The lowest BCUT2D eigenvalue weighted by Crippen LogP contribution is -2.36. The Labute approximate surface area is 105 Å². The summed E-state index contributed by atoms with van der Waals surface area (Å²) in [5, 5.41) is 6.57. The van der Waals surface area contributed by atoms with Crippen LogP contribution in [0.2, 0.25) is 0 Å². The van der Waals surface area contributed by atoms with Crippen molar-refractivity contribution in [2.75, 3.05) is 13.1 Å². The highest BCUT2D eigenvalue weighted by molar-refractivity contribution is 5.76. The summed E-state index contributed by atoms with van der Waals surface area (Å²) in [7, 11) is 0. The van der Waals surface area contributed by atoms with Gasteiger partial charge in [0.05, 0.1) is 0 Å². The highest BCUT2D eigenvalue weighted by atomic mass is 16.1. The van der Waals surface area contributed by atoms with Crippen LogP contribution in [0.15, 0.2) is 0 Å². The topological polar surface area (TPSA) is 41.1 Å². The number of hydrogen-bond acceptors (Lipinski definition) is 2. The average molecular weight is 238 g/mol. The lowest BCUT2D eigenvalue weighted by molar-refractivity contribution is -0.122. The summed E-state index contributed by atoms with van der Waals surface area (Å²) in [5.41, 5.74) is 0. The lowest BCUT2D eigenvalue weighted by atomic mass is 9.92. The highest BCUT2D eigenvalue weighted by Crippen LogP contribution is 2.19. The summed E-state index contributed by atoms with van der Waals surface area (Å²) in [6.45, 7) is 2.27. The molecule has 0 aromatic rings. The third kappa shape index (κ3) is 4.66. The van der Waals surface area contributed by atoms with Gasteiger partial charge in [0.15, 0.2) is 0 Å². The Kier molecular flexibility index (Phi) is 5.30. The molecule has 0 spiro atoms. The second kappa shape index (κ2) is 7.00. The zero-order valence-corrected chi connectivity index (χ0v) is 10.8. The third-order valence-corrected chi connectivity index (χ3v) is 4.21. The second-order valence-electron chi connectivity index (χ2n) is 5.63. The molecule has 2 N–H and O–H groups in total. The summed E-state index contributed by atoms with van der Waals surface area (Å²) < 4.78 is 0. The summed E-state index contributed by atoms with van der Waals surface area (Å²) in [6.07, 6.45) is 10.6. The van der Waals surface area contributed by atoms with Crippen molar-refractivity contribution in [1.29, 1.82) is 0 Å². The molecule has 0 bridgehead atoms. The molecule has 1 amide bonds. The van der Waals surface area contributed by atoms with Crippen LogP contribution in [0.3, 0.4) is 0 Å². The summed E-state index contributed by atoms with van der Waals surface area (Å²) in [4.78, 5) is 11.8. The Balaban J connectivity index is 1.59. The fourth-order valence-corrected chi connectivity index (χ4v) is 3.05. The van der Waals surface area contributed by atoms with Crippen molar-refractivity contribution in [2.24, 2.45) is 5.92 Å². The molecule has 0 atom stereocenters. The molecule has 1 saturated carbocycles. The maximum Gasteiger partial charge on any atom is 0.220 e. The molecule has 2 aliphatic rings. The first-order valence-corrected chi connectivity index (χ1v) is 7.34. The van der Waals surface area contributed by atoms with E-state index in [2.05, 4.69) is 10.6 Å².